The van der Waals surface area contributed by atoms with Crippen LogP contribution in [0, 0.1) is 0 Å². The fraction of sp³-hybridized carbons (Fsp3) is 0.294. The average molecular weight is 287 g/mol. The van der Waals surface area contributed by atoms with Crippen molar-refractivity contribution >= 4 is 0 Å². The van der Waals surface area contributed by atoms with E-state index in [9.17, 15) is 5.11 Å². The van der Waals surface area contributed by atoms with E-state index in [-0.39, 0.29) is 5.75 Å². The van der Waals surface area contributed by atoms with Crippen LogP contribution in [0.5, 0.6) is 11.5 Å². The molecule has 0 heterocycles. The molecule has 0 aliphatic heterocycles. The molecule has 2 rings (SSSR count). The first-order chi connectivity index (χ1) is 10.3. The first kappa shape index (κ1) is 15.4. The third kappa shape index (κ3) is 5.45. The predicted molar refractivity (Wildman–Crippen MR) is 82.5 cm³/mol. The van der Waals surface area contributed by atoms with Gasteiger partial charge in [-0.3, -0.25) is 0 Å². The summed E-state index contributed by atoms with van der Waals surface area (Å²) in [5.41, 5.74) is 2.24. The van der Waals surface area contributed by atoms with Gasteiger partial charge in [0.15, 0.2) is 0 Å². The van der Waals surface area contributed by atoms with Crippen molar-refractivity contribution in [1.82, 2.24) is 5.32 Å². The highest BCUT2D eigenvalue weighted by molar-refractivity contribution is 5.29. The van der Waals surface area contributed by atoms with Crippen molar-refractivity contribution in [1.29, 1.82) is 0 Å². The van der Waals surface area contributed by atoms with Crippen LogP contribution in [0.25, 0.3) is 0 Å². The van der Waals surface area contributed by atoms with Crippen molar-refractivity contribution in [2.24, 2.45) is 0 Å². The van der Waals surface area contributed by atoms with Crippen LogP contribution in [0.15, 0.2) is 48.5 Å². The minimum Gasteiger partial charge on any atom is -0.508 e. The third-order valence-electron chi connectivity index (χ3n) is 3.08. The van der Waals surface area contributed by atoms with Gasteiger partial charge in [0, 0.05) is 20.2 Å². The Kier molecular flexibility index (Phi) is 6.06. The van der Waals surface area contributed by atoms with Crippen molar-refractivity contribution in [3.63, 3.8) is 0 Å². The Balaban J connectivity index is 1.78. The van der Waals surface area contributed by atoms with Gasteiger partial charge in [0.1, 0.15) is 18.1 Å². The smallest absolute Gasteiger partial charge is 0.119 e. The van der Waals surface area contributed by atoms with Gasteiger partial charge in [0.2, 0.25) is 0 Å². The number of hydrogen-bond donors (Lipinski definition) is 2. The molecule has 4 nitrogen and oxygen atoms in total. The number of aromatic hydroxyl groups is 1. The molecule has 0 atom stereocenters. The lowest BCUT2D eigenvalue weighted by molar-refractivity contribution is 0.199. The van der Waals surface area contributed by atoms with Crippen LogP contribution in [0.1, 0.15) is 11.1 Å². The van der Waals surface area contributed by atoms with E-state index in [0.717, 1.165) is 24.4 Å². The standard InChI is InChI=1S/C17H21NO3/c1-20-11-10-18-12-14-4-8-17(9-5-14)21-13-15-2-6-16(19)7-3-15/h2-9,18-19H,10-13H2,1H3. The highest BCUT2D eigenvalue weighted by Gasteiger charge is 1.98. The number of phenolic OH excluding ortho intramolecular Hbond substituents is 1. The second kappa shape index (κ2) is 8.29. The van der Waals surface area contributed by atoms with Gasteiger partial charge in [-0.15, -0.1) is 0 Å². The highest BCUT2D eigenvalue weighted by Crippen LogP contribution is 2.15. The Labute approximate surface area is 125 Å². The molecule has 2 aromatic rings. The second-order valence-corrected chi connectivity index (χ2v) is 4.77. The molecule has 0 unspecified atom stereocenters. The zero-order valence-electron chi connectivity index (χ0n) is 12.2. The summed E-state index contributed by atoms with van der Waals surface area (Å²) in [6.45, 7) is 2.87. The topological polar surface area (TPSA) is 50.7 Å². The minimum atomic E-state index is 0.268. The maximum Gasteiger partial charge on any atom is 0.119 e. The van der Waals surface area contributed by atoms with E-state index in [2.05, 4.69) is 5.32 Å². The quantitative estimate of drug-likeness (QED) is 0.733. The fourth-order valence-electron chi connectivity index (χ4n) is 1.87. The summed E-state index contributed by atoms with van der Waals surface area (Å²) in [5.74, 6) is 1.10. The van der Waals surface area contributed by atoms with E-state index < -0.39 is 0 Å². The minimum absolute atomic E-state index is 0.268. The van der Waals surface area contributed by atoms with Crippen LogP contribution in [0.4, 0.5) is 0 Å². The fourth-order valence-corrected chi connectivity index (χ4v) is 1.87. The molecule has 0 aliphatic carbocycles. The molecule has 112 valence electrons. The van der Waals surface area contributed by atoms with Gasteiger partial charge in [0.25, 0.3) is 0 Å². The van der Waals surface area contributed by atoms with Crippen molar-refractivity contribution in [3.8, 4) is 11.5 Å². The van der Waals surface area contributed by atoms with Crippen LogP contribution in [0.3, 0.4) is 0 Å². The lowest BCUT2D eigenvalue weighted by atomic mass is 10.2. The van der Waals surface area contributed by atoms with Crippen molar-refractivity contribution in [2.75, 3.05) is 20.3 Å². The molecule has 0 saturated carbocycles. The summed E-state index contributed by atoms with van der Waals surface area (Å²) in [7, 11) is 1.70. The average Bonchev–Trinajstić information content (AvgIpc) is 2.52. The summed E-state index contributed by atoms with van der Waals surface area (Å²) in [5, 5.41) is 12.5. The zero-order chi connectivity index (χ0) is 14.9. The number of benzene rings is 2. The Hall–Kier alpha value is -2.04. The maximum absolute atomic E-state index is 9.22. The van der Waals surface area contributed by atoms with Crippen LogP contribution in [-0.4, -0.2) is 25.4 Å². The van der Waals surface area contributed by atoms with Gasteiger partial charge < -0.3 is 19.9 Å². The zero-order valence-corrected chi connectivity index (χ0v) is 12.2. The number of phenols is 1. The van der Waals surface area contributed by atoms with Crippen molar-refractivity contribution < 1.29 is 14.6 Å². The molecule has 0 spiro atoms. The van der Waals surface area contributed by atoms with E-state index >= 15 is 0 Å². The normalized spacial score (nSPS) is 10.5. The summed E-state index contributed by atoms with van der Waals surface area (Å²) in [6, 6.07) is 15.0. The second-order valence-electron chi connectivity index (χ2n) is 4.77. The SMILES string of the molecule is COCCNCc1ccc(OCc2ccc(O)cc2)cc1. The van der Waals surface area contributed by atoms with Crippen LogP contribution >= 0.6 is 0 Å². The summed E-state index contributed by atoms with van der Waals surface area (Å²) in [6.07, 6.45) is 0. The van der Waals surface area contributed by atoms with Gasteiger partial charge in [-0.2, -0.15) is 0 Å². The van der Waals surface area contributed by atoms with E-state index in [1.54, 1.807) is 19.2 Å². The summed E-state index contributed by atoms with van der Waals surface area (Å²) >= 11 is 0. The summed E-state index contributed by atoms with van der Waals surface area (Å²) < 4.78 is 10.7. The first-order valence-corrected chi connectivity index (χ1v) is 6.97. The largest absolute Gasteiger partial charge is 0.508 e. The van der Waals surface area contributed by atoms with Gasteiger partial charge >= 0.3 is 0 Å². The molecule has 21 heavy (non-hydrogen) atoms. The predicted octanol–water partition coefficient (Wildman–Crippen LogP) is 2.71. The Morgan fingerprint density at radius 3 is 2.29 bits per heavy atom. The van der Waals surface area contributed by atoms with Crippen LogP contribution in [-0.2, 0) is 17.9 Å². The van der Waals surface area contributed by atoms with E-state index in [1.165, 1.54) is 5.56 Å². The molecule has 0 aliphatic rings. The molecular formula is C17H21NO3. The molecule has 0 bridgehead atoms. The first-order valence-electron chi connectivity index (χ1n) is 6.97. The molecule has 0 saturated heterocycles. The van der Waals surface area contributed by atoms with Crippen molar-refractivity contribution in [3.05, 3.63) is 59.7 Å². The summed E-state index contributed by atoms with van der Waals surface area (Å²) in [4.78, 5) is 0. The Morgan fingerprint density at radius 1 is 0.952 bits per heavy atom. The number of hydrogen-bond acceptors (Lipinski definition) is 4. The molecule has 0 aromatic heterocycles. The number of methoxy groups -OCH3 is 1. The maximum atomic E-state index is 9.22. The van der Waals surface area contributed by atoms with Crippen LogP contribution < -0.4 is 10.1 Å². The van der Waals surface area contributed by atoms with Crippen molar-refractivity contribution in [2.45, 2.75) is 13.2 Å². The molecule has 0 fully saturated rings. The lowest BCUT2D eigenvalue weighted by Gasteiger charge is -2.08. The van der Waals surface area contributed by atoms with E-state index in [0.29, 0.717) is 13.2 Å². The molecular weight excluding hydrogens is 266 g/mol. The highest BCUT2D eigenvalue weighted by atomic mass is 16.5. The molecule has 2 N–H and O–H groups in total. The van der Waals surface area contributed by atoms with Gasteiger partial charge in [-0.1, -0.05) is 24.3 Å². The number of rotatable bonds is 8. The van der Waals surface area contributed by atoms with E-state index in [1.807, 2.05) is 36.4 Å². The molecule has 4 heteroatoms. The molecule has 0 amide bonds. The van der Waals surface area contributed by atoms with Gasteiger partial charge in [0.05, 0.1) is 6.61 Å². The molecule has 2 aromatic carbocycles. The van der Waals surface area contributed by atoms with E-state index in [4.69, 9.17) is 9.47 Å². The van der Waals surface area contributed by atoms with Gasteiger partial charge in [-0.25, -0.2) is 0 Å². The molecule has 0 radical (unpaired) electrons. The number of nitrogens with one attached hydrogen (secondary N) is 1. The Morgan fingerprint density at radius 2 is 1.62 bits per heavy atom. The third-order valence-corrected chi connectivity index (χ3v) is 3.08. The van der Waals surface area contributed by atoms with Gasteiger partial charge in [-0.05, 0) is 35.4 Å². The monoisotopic (exact) mass is 287 g/mol. The number of ether oxygens (including phenoxy) is 2. The lowest BCUT2D eigenvalue weighted by Crippen LogP contribution is -2.18. The van der Waals surface area contributed by atoms with Crippen LogP contribution in [0.2, 0.25) is 0 Å². The Bertz CT molecular complexity index is 523.